The smallest absolute Gasteiger partial charge is 0.253 e. The third-order valence-corrected chi connectivity index (χ3v) is 6.32. The van der Waals surface area contributed by atoms with E-state index in [1.54, 1.807) is 29.1 Å². The molecule has 0 bridgehead atoms. The van der Waals surface area contributed by atoms with Gasteiger partial charge in [0, 0.05) is 48.6 Å². The number of hydrogen-bond donors (Lipinski definition) is 0. The molecule has 0 spiro atoms. The van der Waals surface area contributed by atoms with Crippen LogP contribution in [0.5, 0.6) is 0 Å². The van der Waals surface area contributed by atoms with Crippen LogP contribution in [-0.2, 0) is 5.75 Å². The van der Waals surface area contributed by atoms with E-state index in [4.69, 9.17) is 0 Å². The predicted molar refractivity (Wildman–Crippen MR) is 133 cm³/mol. The number of thioether (sulfide) groups is 1. The zero-order valence-electron chi connectivity index (χ0n) is 19.1. The van der Waals surface area contributed by atoms with E-state index in [1.807, 2.05) is 43.4 Å². The van der Waals surface area contributed by atoms with Gasteiger partial charge in [0.1, 0.15) is 0 Å². The minimum Gasteiger partial charge on any atom is -0.342 e. The third kappa shape index (κ3) is 5.31. The van der Waals surface area contributed by atoms with Crippen LogP contribution in [0, 0.1) is 6.92 Å². The number of carbonyl (C=O) groups excluding carboxylic acids is 1. The van der Waals surface area contributed by atoms with Gasteiger partial charge < -0.3 is 4.90 Å². The number of benzene rings is 2. The van der Waals surface area contributed by atoms with E-state index in [9.17, 15) is 4.79 Å². The van der Waals surface area contributed by atoms with E-state index in [0.717, 1.165) is 46.5 Å². The average molecular weight is 458 g/mol. The average Bonchev–Trinajstić information content (AvgIpc) is 3.28. The van der Waals surface area contributed by atoms with Crippen LogP contribution in [-0.4, -0.2) is 44.1 Å². The van der Waals surface area contributed by atoms with Crippen LogP contribution in [0.3, 0.4) is 0 Å². The molecule has 0 fully saturated rings. The number of rotatable bonds is 8. The standard InChI is InChI=1S/C26H27N5OS/c1-4-16-30(3)25(32)21-11-9-20(10-12-21)18-33-26-29-28-24(22-6-5-15-27-17-22)31(26)23-13-7-19(2)8-14-23/h5-15,17H,4,16,18H2,1-3H3. The fourth-order valence-electron chi connectivity index (χ4n) is 3.52. The summed E-state index contributed by atoms with van der Waals surface area (Å²) in [6, 6.07) is 20.0. The van der Waals surface area contributed by atoms with Crippen molar-refractivity contribution in [2.75, 3.05) is 13.6 Å². The van der Waals surface area contributed by atoms with E-state index < -0.39 is 0 Å². The van der Waals surface area contributed by atoms with Gasteiger partial charge in [0.15, 0.2) is 11.0 Å². The normalized spacial score (nSPS) is 10.9. The SMILES string of the molecule is CCCN(C)C(=O)c1ccc(CSc2nnc(-c3cccnc3)n2-c2ccc(C)cc2)cc1. The molecule has 1 amide bonds. The number of nitrogens with zero attached hydrogens (tertiary/aromatic N) is 5. The minimum absolute atomic E-state index is 0.0521. The molecule has 7 heteroatoms. The molecular formula is C26H27N5OS. The van der Waals surface area contributed by atoms with Gasteiger partial charge in [0.05, 0.1) is 0 Å². The van der Waals surface area contributed by atoms with Crippen LogP contribution in [0.1, 0.15) is 34.8 Å². The highest BCUT2D eigenvalue weighted by Crippen LogP contribution is 2.29. The molecule has 0 aliphatic rings. The van der Waals surface area contributed by atoms with Crippen molar-refractivity contribution in [2.24, 2.45) is 0 Å². The summed E-state index contributed by atoms with van der Waals surface area (Å²) < 4.78 is 2.07. The molecule has 168 valence electrons. The van der Waals surface area contributed by atoms with Crippen LogP contribution in [0.2, 0.25) is 0 Å². The summed E-state index contributed by atoms with van der Waals surface area (Å²) in [5.74, 6) is 1.53. The van der Waals surface area contributed by atoms with Crippen molar-refractivity contribution in [2.45, 2.75) is 31.2 Å². The first kappa shape index (κ1) is 22.7. The molecule has 0 aliphatic carbocycles. The Morgan fingerprint density at radius 1 is 1.03 bits per heavy atom. The molecule has 6 nitrogen and oxygen atoms in total. The molecule has 4 aromatic rings. The van der Waals surface area contributed by atoms with Crippen LogP contribution in [0.15, 0.2) is 78.2 Å². The van der Waals surface area contributed by atoms with Gasteiger partial charge in [0.25, 0.3) is 5.91 Å². The van der Waals surface area contributed by atoms with Gasteiger partial charge in [-0.2, -0.15) is 0 Å². The number of aryl methyl sites for hydroxylation is 1. The Morgan fingerprint density at radius 2 is 1.79 bits per heavy atom. The summed E-state index contributed by atoms with van der Waals surface area (Å²) in [6.45, 7) is 4.89. The molecule has 0 aliphatic heterocycles. The summed E-state index contributed by atoms with van der Waals surface area (Å²) in [5, 5.41) is 9.76. The molecular weight excluding hydrogens is 430 g/mol. The number of aromatic nitrogens is 4. The van der Waals surface area contributed by atoms with Crippen LogP contribution in [0.25, 0.3) is 17.1 Å². The zero-order valence-corrected chi connectivity index (χ0v) is 19.9. The van der Waals surface area contributed by atoms with Crippen molar-refractivity contribution in [1.29, 1.82) is 0 Å². The molecule has 2 heterocycles. The van der Waals surface area contributed by atoms with Crippen LogP contribution >= 0.6 is 11.8 Å². The van der Waals surface area contributed by atoms with Crippen molar-refractivity contribution >= 4 is 17.7 Å². The summed E-state index contributed by atoms with van der Waals surface area (Å²) in [5.41, 5.74) is 4.95. The molecule has 0 saturated carbocycles. The van der Waals surface area contributed by atoms with E-state index >= 15 is 0 Å². The van der Waals surface area contributed by atoms with Gasteiger partial charge in [0.2, 0.25) is 0 Å². The Morgan fingerprint density at radius 3 is 2.45 bits per heavy atom. The first-order valence-corrected chi connectivity index (χ1v) is 12.0. The highest BCUT2D eigenvalue weighted by Gasteiger charge is 2.17. The highest BCUT2D eigenvalue weighted by molar-refractivity contribution is 7.98. The lowest BCUT2D eigenvalue weighted by Gasteiger charge is -2.16. The fourth-order valence-corrected chi connectivity index (χ4v) is 4.43. The maximum Gasteiger partial charge on any atom is 0.253 e. The predicted octanol–water partition coefficient (Wildman–Crippen LogP) is 5.41. The van der Waals surface area contributed by atoms with Gasteiger partial charge in [-0.15, -0.1) is 10.2 Å². The van der Waals surface area contributed by atoms with E-state index in [2.05, 4.69) is 57.9 Å². The second kappa shape index (κ2) is 10.4. The van der Waals surface area contributed by atoms with E-state index in [1.165, 1.54) is 5.56 Å². The molecule has 4 rings (SSSR count). The Balaban J connectivity index is 1.57. The Kier molecular flexibility index (Phi) is 7.19. The largest absolute Gasteiger partial charge is 0.342 e. The lowest BCUT2D eigenvalue weighted by molar-refractivity contribution is 0.0795. The first-order valence-electron chi connectivity index (χ1n) is 11.0. The monoisotopic (exact) mass is 457 g/mol. The van der Waals surface area contributed by atoms with Gasteiger partial charge in [-0.3, -0.25) is 14.3 Å². The summed E-state index contributed by atoms with van der Waals surface area (Å²) in [6.07, 6.45) is 4.49. The Bertz CT molecular complexity index is 1200. The van der Waals surface area contributed by atoms with Crippen molar-refractivity contribution in [1.82, 2.24) is 24.6 Å². The quantitative estimate of drug-likeness (QED) is 0.331. The molecule has 33 heavy (non-hydrogen) atoms. The van der Waals surface area contributed by atoms with Gasteiger partial charge in [-0.05, 0) is 55.3 Å². The zero-order chi connectivity index (χ0) is 23.2. The summed E-state index contributed by atoms with van der Waals surface area (Å²) >= 11 is 1.62. The van der Waals surface area contributed by atoms with E-state index in [0.29, 0.717) is 5.56 Å². The lowest BCUT2D eigenvalue weighted by atomic mass is 10.1. The molecule has 0 atom stereocenters. The van der Waals surface area contributed by atoms with Crippen molar-refractivity contribution < 1.29 is 4.79 Å². The number of carbonyl (C=O) groups is 1. The molecule has 2 aromatic heterocycles. The molecule has 0 N–H and O–H groups in total. The highest BCUT2D eigenvalue weighted by atomic mass is 32.2. The lowest BCUT2D eigenvalue weighted by Crippen LogP contribution is -2.27. The second-order valence-electron chi connectivity index (χ2n) is 7.93. The van der Waals surface area contributed by atoms with Crippen molar-refractivity contribution in [3.05, 3.63) is 89.7 Å². The van der Waals surface area contributed by atoms with E-state index in [-0.39, 0.29) is 5.91 Å². The molecule has 0 saturated heterocycles. The van der Waals surface area contributed by atoms with Gasteiger partial charge in [-0.25, -0.2) is 0 Å². The second-order valence-corrected chi connectivity index (χ2v) is 8.87. The summed E-state index contributed by atoms with van der Waals surface area (Å²) in [4.78, 5) is 18.5. The first-order chi connectivity index (χ1) is 16.1. The molecule has 2 aromatic carbocycles. The molecule has 0 unspecified atom stereocenters. The van der Waals surface area contributed by atoms with Crippen LogP contribution in [0.4, 0.5) is 0 Å². The van der Waals surface area contributed by atoms with Crippen molar-refractivity contribution in [3.8, 4) is 17.1 Å². The third-order valence-electron chi connectivity index (χ3n) is 5.32. The van der Waals surface area contributed by atoms with Gasteiger partial charge in [-0.1, -0.05) is 48.5 Å². The Hall–Kier alpha value is -3.45. The van der Waals surface area contributed by atoms with Crippen molar-refractivity contribution in [3.63, 3.8) is 0 Å². The minimum atomic E-state index is 0.0521. The Labute approximate surface area is 198 Å². The maximum atomic E-state index is 12.5. The number of amides is 1. The topological polar surface area (TPSA) is 63.9 Å². The number of hydrogen-bond acceptors (Lipinski definition) is 5. The maximum absolute atomic E-state index is 12.5. The summed E-state index contributed by atoms with van der Waals surface area (Å²) in [7, 11) is 1.84. The molecule has 0 radical (unpaired) electrons. The number of pyridine rings is 1. The van der Waals surface area contributed by atoms with Crippen LogP contribution < -0.4 is 0 Å². The fraction of sp³-hybridized carbons (Fsp3) is 0.231. The van der Waals surface area contributed by atoms with Gasteiger partial charge >= 0.3 is 0 Å².